The first-order valence-electron chi connectivity index (χ1n) is 9.76. The first kappa shape index (κ1) is 18.7. The predicted molar refractivity (Wildman–Crippen MR) is 94.4 cm³/mol. The van der Waals surface area contributed by atoms with Crippen LogP contribution in [0.3, 0.4) is 0 Å². The Morgan fingerprint density at radius 2 is 1.96 bits per heavy atom. The zero-order valence-electron chi connectivity index (χ0n) is 15.2. The third kappa shape index (κ3) is 6.07. The number of hydrogen-bond acceptors (Lipinski definition) is 3. The van der Waals surface area contributed by atoms with E-state index in [-0.39, 0.29) is 11.5 Å². The van der Waals surface area contributed by atoms with Crippen LogP contribution in [0.4, 0.5) is 0 Å². The van der Waals surface area contributed by atoms with Gasteiger partial charge in [-0.2, -0.15) is 0 Å². The SMILES string of the molecule is CCCOC1(CNC(=O)CC(C)C2CCNCC2)CCCCC1. The second-order valence-corrected chi connectivity index (χ2v) is 7.64. The van der Waals surface area contributed by atoms with Crippen LogP contribution >= 0.6 is 0 Å². The molecule has 2 N–H and O–H groups in total. The van der Waals surface area contributed by atoms with E-state index in [1.165, 1.54) is 32.1 Å². The van der Waals surface area contributed by atoms with Gasteiger partial charge in [-0.3, -0.25) is 4.79 Å². The van der Waals surface area contributed by atoms with Crippen LogP contribution in [-0.2, 0) is 9.53 Å². The number of amides is 1. The first-order valence-corrected chi connectivity index (χ1v) is 9.76. The van der Waals surface area contributed by atoms with Gasteiger partial charge < -0.3 is 15.4 Å². The molecule has 0 bridgehead atoms. The molecule has 4 nitrogen and oxygen atoms in total. The van der Waals surface area contributed by atoms with Crippen LogP contribution in [-0.4, -0.2) is 37.7 Å². The third-order valence-corrected chi connectivity index (χ3v) is 5.68. The molecule has 0 aromatic heterocycles. The molecule has 134 valence electrons. The summed E-state index contributed by atoms with van der Waals surface area (Å²) < 4.78 is 6.17. The molecular formula is C19H36N2O2. The van der Waals surface area contributed by atoms with Crippen molar-refractivity contribution in [3.63, 3.8) is 0 Å². The van der Waals surface area contributed by atoms with Crippen molar-refractivity contribution in [2.75, 3.05) is 26.2 Å². The van der Waals surface area contributed by atoms with Crippen LogP contribution in [0.5, 0.6) is 0 Å². The molecule has 2 rings (SSSR count). The Bertz CT molecular complexity index is 347. The molecule has 1 unspecified atom stereocenters. The summed E-state index contributed by atoms with van der Waals surface area (Å²) in [5.74, 6) is 1.39. The fourth-order valence-corrected chi connectivity index (χ4v) is 4.09. The molecular weight excluding hydrogens is 288 g/mol. The average molecular weight is 325 g/mol. The van der Waals surface area contributed by atoms with Crippen molar-refractivity contribution >= 4 is 5.91 Å². The number of ether oxygens (including phenoxy) is 1. The van der Waals surface area contributed by atoms with Gasteiger partial charge in [-0.05, 0) is 57.0 Å². The van der Waals surface area contributed by atoms with Crippen molar-refractivity contribution in [1.29, 1.82) is 0 Å². The lowest BCUT2D eigenvalue weighted by Crippen LogP contribution is -2.47. The molecule has 0 aromatic rings. The van der Waals surface area contributed by atoms with E-state index in [4.69, 9.17) is 4.74 Å². The van der Waals surface area contributed by atoms with Crippen LogP contribution < -0.4 is 10.6 Å². The number of piperidine rings is 1. The minimum absolute atomic E-state index is 0.0953. The van der Waals surface area contributed by atoms with E-state index in [0.29, 0.717) is 24.8 Å². The number of carbonyl (C=O) groups excluding carboxylic acids is 1. The maximum Gasteiger partial charge on any atom is 0.220 e. The minimum Gasteiger partial charge on any atom is -0.373 e. The van der Waals surface area contributed by atoms with Crippen LogP contribution in [0.15, 0.2) is 0 Å². The van der Waals surface area contributed by atoms with Gasteiger partial charge in [-0.15, -0.1) is 0 Å². The summed E-state index contributed by atoms with van der Waals surface area (Å²) in [4.78, 5) is 12.4. The Hall–Kier alpha value is -0.610. The molecule has 23 heavy (non-hydrogen) atoms. The molecule has 1 heterocycles. The van der Waals surface area contributed by atoms with E-state index >= 15 is 0 Å². The Labute approximate surface area is 142 Å². The van der Waals surface area contributed by atoms with E-state index in [0.717, 1.165) is 39.0 Å². The molecule has 0 aromatic carbocycles. The molecule has 1 aliphatic heterocycles. The summed E-state index contributed by atoms with van der Waals surface area (Å²) in [5, 5.41) is 6.59. The highest BCUT2D eigenvalue weighted by molar-refractivity contribution is 5.76. The van der Waals surface area contributed by atoms with Gasteiger partial charge in [0.15, 0.2) is 0 Å². The minimum atomic E-state index is -0.0953. The van der Waals surface area contributed by atoms with Gasteiger partial charge in [0.05, 0.1) is 5.60 Å². The van der Waals surface area contributed by atoms with Crippen LogP contribution in [0.1, 0.15) is 71.6 Å². The lowest BCUT2D eigenvalue weighted by Gasteiger charge is -2.37. The fraction of sp³-hybridized carbons (Fsp3) is 0.947. The Morgan fingerprint density at radius 1 is 1.26 bits per heavy atom. The van der Waals surface area contributed by atoms with E-state index in [9.17, 15) is 4.79 Å². The van der Waals surface area contributed by atoms with Gasteiger partial charge >= 0.3 is 0 Å². The van der Waals surface area contributed by atoms with Crippen molar-refractivity contribution in [2.45, 2.75) is 77.2 Å². The Kier molecular flexibility index (Phi) is 7.84. The monoisotopic (exact) mass is 324 g/mol. The van der Waals surface area contributed by atoms with Gasteiger partial charge in [-0.1, -0.05) is 33.1 Å². The topological polar surface area (TPSA) is 50.4 Å². The first-order chi connectivity index (χ1) is 11.2. The molecule has 2 aliphatic rings. The highest BCUT2D eigenvalue weighted by Gasteiger charge is 2.33. The van der Waals surface area contributed by atoms with Gasteiger partial charge in [0.2, 0.25) is 5.91 Å². The van der Waals surface area contributed by atoms with Crippen LogP contribution in [0.2, 0.25) is 0 Å². The van der Waals surface area contributed by atoms with Crippen molar-refractivity contribution in [2.24, 2.45) is 11.8 Å². The lowest BCUT2D eigenvalue weighted by atomic mass is 9.83. The number of rotatable bonds is 8. The van der Waals surface area contributed by atoms with E-state index in [1.807, 2.05) is 0 Å². The second-order valence-electron chi connectivity index (χ2n) is 7.64. The average Bonchev–Trinajstić information content (AvgIpc) is 2.60. The molecule has 1 atom stereocenters. The molecule has 1 saturated carbocycles. The van der Waals surface area contributed by atoms with Gasteiger partial charge in [0.25, 0.3) is 0 Å². The fourth-order valence-electron chi connectivity index (χ4n) is 4.09. The van der Waals surface area contributed by atoms with Gasteiger partial charge in [-0.25, -0.2) is 0 Å². The highest BCUT2D eigenvalue weighted by atomic mass is 16.5. The zero-order valence-corrected chi connectivity index (χ0v) is 15.2. The summed E-state index contributed by atoms with van der Waals surface area (Å²) in [6, 6.07) is 0. The van der Waals surface area contributed by atoms with Crippen LogP contribution in [0, 0.1) is 11.8 Å². The summed E-state index contributed by atoms with van der Waals surface area (Å²) >= 11 is 0. The standard InChI is InChI=1S/C19H36N2O2/c1-3-13-23-19(9-5-4-6-10-19)15-21-18(22)14-16(2)17-7-11-20-12-8-17/h16-17,20H,3-15H2,1-2H3,(H,21,22). The summed E-state index contributed by atoms with van der Waals surface area (Å²) in [7, 11) is 0. The lowest BCUT2D eigenvalue weighted by molar-refractivity contribution is -0.125. The molecule has 1 amide bonds. The maximum atomic E-state index is 12.4. The molecule has 2 fully saturated rings. The second kappa shape index (κ2) is 9.63. The van der Waals surface area contributed by atoms with E-state index in [1.54, 1.807) is 0 Å². The molecule has 1 saturated heterocycles. The zero-order chi connectivity index (χ0) is 16.5. The third-order valence-electron chi connectivity index (χ3n) is 5.68. The normalized spacial score (nSPS) is 23.4. The molecule has 1 aliphatic carbocycles. The Balaban J connectivity index is 1.76. The molecule has 0 radical (unpaired) electrons. The largest absolute Gasteiger partial charge is 0.373 e. The van der Waals surface area contributed by atoms with E-state index in [2.05, 4.69) is 24.5 Å². The number of carbonyl (C=O) groups is 1. The summed E-state index contributed by atoms with van der Waals surface area (Å²) in [5.41, 5.74) is -0.0953. The number of hydrogen-bond donors (Lipinski definition) is 2. The highest BCUT2D eigenvalue weighted by Crippen LogP contribution is 2.31. The van der Waals surface area contributed by atoms with Crippen molar-refractivity contribution in [3.05, 3.63) is 0 Å². The van der Waals surface area contributed by atoms with Crippen molar-refractivity contribution < 1.29 is 9.53 Å². The van der Waals surface area contributed by atoms with Crippen LogP contribution in [0.25, 0.3) is 0 Å². The van der Waals surface area contributed by atoms with Crippen molar-refractivity contribution in [1.82, 2.24) is 10.6 Å². The van der Waals surface area contributed by atoms with Gasteiger partial charge in [0.1, 0.15) is 0 Å². The quantitative estimate of drug-likeness (QED) is 0.720. The Morgan fingerprint density at radius 3 is 2.61 bits per heavy atom. The molecule has 0 spiro atoms. The summed E-state index contributed by atoms with van der Waals surface area (Å²) in [6.07, 6.45) is 10.1. The van der Waals surface area contributed by atoms with Crippen molar-refractivity contribution in [3.8, 4) is 0 Å². The smallest absolute Gasteiger partial charge is 0.220 e. The number of nitrogens with one attached hydrogen (secondary N) is 2. The predicted octanol–water partition coefficient (Wildman–Crippen LogP) is 3.26. The van der Waals surface area contributed by atoms with Gasteiger partial charge in [0, 0.05) is 19.6 Å². The van der Waals surface area contributed by atoms with E-state index < -0.39 is 0 Å². The summed E-state index contributed by atoms with van der Waals surface area (Å²) in [6.45, 7) is 8.09. The maximum absolute atomic E-state index is 12.4. The molecule has 4 heteroatoms.